The Morgan fingerprint density at radius 1 is 1.56 bits per heavy atom. The lowest BCUT2D eigenvalue weighted by atomic mass is 10.2. The van der Waals surface area contributed by atoms with Crippen LogP contribution in [0.1, 0.15) is 35.3 Å². The number of carbonyl (C=O) groups excluding carboxylic acids is 1. The first-order valence-electron chi connectivity index (χ1n) is 5.80. The average Bonchev–Trinajstić information content (AvgIpc) is 2.96. The molecule has 4 nitrogen and oxygen atoms in total. The van der Waals surface area contributed by atoms with Crippen molar-refractivity contribution in [2.45, 2.75) is 26.3 Å². The molecule has 0 atom stereocenters. The van der Waals surface area contributed by atoms with Crippen molar-refractivity contribution >= 4 is 17.1 Å². The van der Waals surface area contributed by atoms with E-state index in [1.54, 1.807) is 13.2 Å². The first-order chi connectivity index (χ1) is 8.60. The van der Waals surface area contributed by atoms with Crippen LogP contribution in [0.2, 0.25) is 0 Å². The van der Waals surface area contributed by atoms with Gasteiger partial charge < -0.3 is 4.74 Å². The van der Waals surface area contributed by atoms with Gasteiger partial charge in [-0.25, -0.2) is 0 Å². The summed E-state index contributed by atoms with van der Waals surface area (Å²) in [5.41, 5.74) is 0.807. The molecule has 2 heterocycles. The highest BCUT2D eigenvalue weighted by atomic mass is 32.1. The fourth-order valence-electron chi connectivity index (χ4n) is 1.58. The van der Waals surface area contributed by atoms with E-state index in [4.69, 9.17) is 4.74 Å². The van der Waals surface area contributed by atoms with E-state index in [-0.39, 0.29) is 5.78 Å². The number of aromatic nitrogens is 2. The zero-order valence-corrected chi connectivity index (χ0v) is 11.5. The standard InChI is InChI=1S/C13H16N2O2S/c1-9(2)15-5-4-10(14-15)6-12(16)13-7-11(17-3)8-18-13/h4-5,7-9H,6H2,1-3H3. The molecule has 0 unspecified atom stereocenters. The summed E-state index contributed by atoms with van der Waals surface area (Å²) in [7, 11) is 1.60. The van der Waals surface area contributed by atoms with Gasteiger partial charge in [0.25, 0.3) is 0 Å². The molecule has 0 saturated carbocycles. The molecule has 0 aliphatic heterocycles. The molecule has 2 aromatic rings. The first kappa shape index (κ1) is 12.8. The number of rotatable bonds is 5. The smallest absolute Gasteiger partial charge is 0.178 e. The molecule has 0 N–H and O–H groups in total. The number of thiophene rings is 1. The molecule has 2 rings (SSSR count). The second-order valence-corrected chi connectivity index (χ2v) is 5.24. The van der Waals surface area contributed by atoms with Crippen LogP contribution in [-0.2, 0) is 6.42 Å². The number of Topliss-reactive ketones (excluding diaryl/α,β-unsaturated/α-hetero) is 1. The molecule has 96 valence electrons. The van der Waals surface area contributed by atoms with Gasteiger partial charge in [0.15, 0.2) is 5.78 Å². The third-order valence-corrected chi connectivity index (χ3v) is 3.57. The van der Waals surface area contributed by atoms with E-state index in [1.165, 1.54) is 11.3 Å². The number of methoxy groups -OCH3 is 1. The predicted molar refractivity (Wildman–Crippen MR) is 71.5 cm³/mol. The number of carbonyl (C=O) groups is 1. The zero-order chi connectivity index (χ0) is 13.1. The monoisotopic (exact) mass is 264 g/mol. The maximum atomic E-state index is 12.0. The van der Waals surface area contributed by atoms with E-state index in [0.29, 0.717) is 17.3 Å². The molecule has 0 fully saturated rings. The summed E-state index contributed by atoms with van der Waals surface area (Å²) in [6, 6.07) is 3.98. The Hall–Kier alpha value is -1.62. The molecule has 0 aliphatic carbocycles. The molecule has 2 aromatic heterocycles. The number of nitrogens with zero attached hydrogens (tertiary/aromatic N) is 2. The van der Waals surface area contributed by atoms with E-state index in [2.05, 4.69) is 18.9 Å². The number of hydrogen-bond acceptors (Lipinski definition) is 4. The normalized spacial score (nSPS) is 10.9. The number of hydrogen-bond donors (Lipinski definition) is 0. The van der Waals surface area contributed by atoms with E-state index in [1.807, 2.05) is 22.3 Å². The van der Waals surface area contributed by atoms with Crippen LogP contribution < -0.4 is 4.74 Å². The Morgan fingerprint density at radius 2 is 2.33 bits per heavy atom. The van der Waals surface area contributed by atoms with Crippen LogP contribution in [0.3, 0.4) is 0 Å². The van der Waals surface area contributed by atoms with E-state index in [9.17, 15) is 4.79 Å². The van der Waals surface area contributed by atoms with Crippen molar-refractivity contribution in [1.29, 1.82) is 0 Å². The van der Waals surface area contributed by atoms with Gasteiger partial charge in [-0.1, -0.05) is 0 Å². The van der Waals surface area contributed by atoms with E-state index in [0.717, 1.165) is 11.4 Å². The Labute approximate surface area is 110 Å². The third kappa shape index (κ3) is 2.79. The second-order valence-electron chi connectivity index (χ2n) is 4.33. The molecule has 0 bridgehead atoms. The molecular weight excluding hydrogens is 248 g/mol. The van der Waals surface area contributed by atoms with Gasteiger partial charge in [-0.3, -0.25) is 9.48 Å². The predicted octanol–water partition coefficient (Wildman–Crippen LogP) is 2.96. The van der Waals surface area contributed by atoms with Crippen LogP contribution in [0.5, 0.6) is 5.75 Å². The molecule has 0 saturated heterocycles. The highest BCUT2D eigenvalue weighted by Gasteiger charge is 2.12. The molecule has 5 heteroatoms. The minimum atomic E-state index is 0.0808. The van der Waals surface area contributed by atoms with Crippen LogP contribution in [0.15, 0.2) is 23.7 Å². The van der Waals surface area contributed by atoms with Gasteiger partial charge in [0.1, 0.15) is 5.75 Å². The SMILES string of the molecule is COc1csc(C(=O)Cc2ccn(C(C)C)n2)c1. The van der Waals surface area contributed by atoms with Crippen molar-refractivity contribution in [2.24, 2.45) is 0 Å². The van der Waals surface area contributed by atoms with Crippen molar-refractivity contribution in [3.63, 3.8) is 0 Å². The fourth-order valence-corrected chi connectivity index (χ4v) is 2.38. The Bertz CT molecular complexity index is 543. The molecule has 0 radical (unpaired) electrons. The van der Waals surface area contributed by atoms with Crippen molar-refractivity contribution in [2.75, 3.05) is 7.11 Å². The van der Waals surface area contributed by atoms with Crippen LogP contribution >= 0.6 is 11.3 Å². The van der Waals surface area contributed by atoms with Gasteiger partial charge in [-0.15, -0.1) is 11.3 Å². The summed E-state index contributed by atoms with van der Waals surface area (Å²) in [5.74, 6) is 0.813. The molecular formula is C13H16N2O2S. The summed E-state index contributed by atoms with van der Waals surface area (Å²) in [6.07, 6.45) is 2.24. The third-order valence-electron chi connectivity index (χ3n) is 2.62. The average molecular weight is 264 g/mol. The topological polar surface area (TPSA) is 44.1 Å². The summed E-state index contributed by atoms with van der Waals surface area (Å²) >= 11 is 1.41. The van der Waals surface area contributed by atoms with Gasteiger partial charge in [-0.2, -0.15) is 5.10 Å². The highest BCUT2D eigenvalue weighted by molar-refractivity contribution is 7.12. The van der Waals surface area contributed by atoms with Crippen LogP contribution in [0.25, 0.3) is 0 Å². The van der Waals surface area contributed by atoms with Crippen molar-refractivity contribution in [3.05, 3.63) is 34.3 Å². The van der Waals surface area contributed by atoms with Crippen LogP contribution in [0.4, 0.5) is 0 Å². The highest BCUT2D eigenvalue weighted by Crippen LogP contribution is 2.22. The summed E-state index contributed by atoms with van der Waals surface area (Å²) in [4.78, 5) is 12.7. The molecule has 0 amide bonds. The van der Waals surface area contributed by atoms with Gasteiger partial charge in [-0.05, 0) is 19.9 Å². The Balaban J connectivity index is 2.06. The lowest BCUT2D eigenvalue weighted by Gasteiger charge is -2.03. The van der Waals surface area contributed by atoms with Gasteiger partial charge >= 0.3 is 0 Å². The van der Waals surface area contributed by atoms with E-state index < -0.39 is 0 Å². The fraction of sp³-hybridized carbons (Fsp3) is 0.385. The molecule has 0 spiro atoms. The number of ether oxygens (including phenoxy) is 1. The largest absolute Gasteiger partial charge is 0.496 e. The minimum absolute atomic E-state index is 0.0808. The van der Waals surface area contributed by atoms with Crippen LogP contribution in [-0.4, -0.2) is 22.7 Å². The number of ketones is 1. The van der Waals surface area contributed by atoms with Crippen LogP contribution in [0, 0.1) is 0 Å². The minimum Gasteiger partial charge on any atom is -0.496 e. The van der Waals surface area contributed by atoms with Crippen molar-refractivity contribution in [1.82, 2.24) is 9.78 Å². The summed E-state index contributed by atoms with van der Waals surface area (Å²) in [6.45, 7) is 4.12. The van der Waals surface area contributed by atoms with Crippen molar-refractivity contribution < 1.29 is 9.53 Å². The van der Waals surface area contributed by atoms with Crippen molar-refractivity contribution in [3.8, 4) is 5.75 Å². The van der Waals surface area contributed by atoms with Gasteiger partial charge in [0, 0.05) is 23.7 Å². The van der Waals surface area contributed by atoms with Gasteiger partial charge in [0.05, 0.1) is 24.1 Å². The summed E-state index contributed by atoms with van der Waals surface area (Å²) in [5, 5.41) is 6.20. The van der Waals surface area contributed by atoms with E-state index >= 15 is 0 Å². The lowest BCUT2D eigenvalue weighted by Crippen LogP contribution is -2.05. The zero-order valence-electron chi connectivity index (χ0n) is 10.7. The Kier molecular flexibility index (Phi) is 3.81. The molecule has 18 heavy (non-hydrogen) atoms. The summed E-state index contributed by atoms with van der Waals surface area (Å²) < 4.78 is 6.93. The molecule has 0 aliphatic rings. The maximum Gasteiger partial charge on any atom is 0.178 e. The quantitative estimate of drug-likeness (QED) is 0.780. The van der Waals surface area contributed by atoms with Gasteiger partial charge in [0.2, 0.25) is 0 Å². The Morgan fingerprint density at radius 3 is 2.89 bits per heavy atom. The maximum absolute atomic E-state index is 12.0. The lowest BCUT2D eigenvalue weighted by molar-refractivity contribution is 0.0995. The molecule has 0 aromatic carbocycles. The first-order valence-corrected chi connectivity index (χ1v) is 6.68. The second kappa shape index (κ2) is 5.35.